The zero-order valence-electron chi connectivity index (χ0n) is 14.1. The zero-order valence-corrected chi connectivity index (χ0v) is 14.9. The number of nitrogens with one attached hydrogen (secondary N) is 1. The molecule has 0 aliphatic rings. The summed E-state index contributed by atoms with van der Waals surface area (Å²) in [6.45, 7) is 0. The van der Waals surface area contributed by atoms with Crippen LogP contribution in [0, 0.1) is 0 Å². The number of anilines is 1. The third-order valence-corrected chi connectivity index (χ3v) is 4.75. The van der Waals surface area contributed by atoms with Gasteiger partial charge in [-0.25, -0.2) is 4.98 Å². The van der Waals surface area contributed by atoms with Crippen molar-refractivity contribution in [2.45, 2.75) is 16.5 Å². The van der Waals surface area contributed by atoms with Gasteiger partial charge in [-0.1, -0.05) is 30.0 Å². The summed E-state index contributed by atoms with van der Waals surface area (Å²) in [5.74, 6) is 0.647. The van der Waals surface area contributed by atoms with E-state index >= 15 is 0 Å². The molecular weight excluding hydrogens is 334 g/mol. The minimum Gasteiger partial charge on any atom is -0.496 e. The van der Waals surface area contributed by atoms with Crippen molar-refractivity contribution in [1.29, 1.82) is 0 Å². The Morgan fingerprint density at radius 3 is 2.64 bits per heavy atom. The molecule has 0 saturated carbocycles. The van der Waals surface area contributed by atoms with Crippen LogP contribution < -0.4 is 10.1 Å². The minimum absolute atomic E-state index is 0.0750. The van der Waals surface area contributed by atoms with Crippen LogP contribution in [0.5, 0.6) is 5.75 Å². The van der Waals surface area contributed by atoms with E-state index < -0.39 is 0 Å². The van der Waals surface area contributed by atoms with Crippen LogP contribution in [0.1, 0.15) is 5.56 Å². The van der Waals surface area contributed by atoms with E-state index in [2.05, 4.69) is 10.3 Å². The minimum atomic E-state index is -0.0750. The number of carbonyl (C=O) groups excluding carboxylic acids is 1. The van der Waals surface area contributed by atoms with E-state index in [0.717, 1.165) is 27.1 Å². The van der Waals surface area contributed by atoms with Crippen LogP contribution in [0.25, 0.3) is 0 Å². The van der Waals surface area contributed by atoms with Crippen LogP contribution in [0.15, 0.2) is 71.0 Å². The van der Waals surface area contributed by atoms with E-state index in [9.17, 15) is 4.79 Å². The lowest BCUT2D eigenvalue weighted by Gasteiger charge is -2.09. The number of nitrogens with zero attached hydrogens (tertiary/aromatic N) is 2. The first-order chi connectivity index (χ1) is 12.2. The lowest BCUT2D eigenvalue weighted by atomic mass is 10.1. The Hall–Kier alpha value is -2.73. The Morgan fingerprint density at radius 2 is 1.96 bits per heavy atom. The number of para-hydroxylation sites is 1. The molecule has 1 aromatic heterocycles. The number of amides is 1. The van der Waals surface area contributed by atoms with E-state index in [4.69, 9.17) is 4.74 Å². The standard InChI is InChI=1S/C19H19N3O2S/c1-22-12-11-20-19(22)25-16-9-7-15(8-10-16)21-18(23)13-14-5-3-4-6-17(14)24-2/h3-12H,13H2,1-2H3,(H,21,23). The van der Waals surface area contributed by atoms with Gasteiger partial charge in [0.1, 0.15) is 5.75 Å². The van der Waals surface area contributed by atoms with Gasteiger partial charge in [-0.2, -0.15) is 0 Å². The van der Waals surface area contributed by atoms with Crippen LogP contribution in [0.3, 0.4) is 0 Å². The van der Waals surface area contributed by atoms with Crippen molar-refractivity contribution in [3.05, 3.63) is 66.5 Å². The smallest absolute Gasteiger partial charge is 0.228 e. The summed E-state index contributed by atoms with van der Waals surface area (Å²) < 4.78 is 7.25. The fourth-order valence-electron chi connectivity index (χ4n) is 2.39. The summed E-state index contributed by atoms with van der Waals surface area (Å²) >= 11 is 1.58. The number of aromatic nitrogens is 2. The predicted octanol–water partition coefficient (Wildman–Crippen LogP) is 3.76. The van der Waals surface area contributed by atoms with Crippen LogP contribution in [0.2, 0.25) is 0 Å². The van der Waals surface area contributed by atoms with Gasteiger partial charge in [0.25, 0.3) is 0 Å². The number of rotatable bonds is 6. The van der Waals surface area contributed by atoms with Crippen molar-refractivity contribution < 1.29 is 9.53 Å². The first kappa shape index (κ1) is 17.1. The molecule has 0 aliphatic carbocycles. The molecule has 2 aromatic carbocycles. The van der Waals surface area contributed by atoms with Crippen molar-refractivity contribution in [3.63, 3.8) is 0 Å². The molecule has 0 unspecified atom stereocenters. The number of hydrogen-bond acceptors (Lipinski definition) is 4. The Morgan fingerprint density at radius 1 is 1.20 bits per heavy atom. The van der Waals surface area contributed by atoms with Gasteiger partial charge in [-0.15, -0.1) is 0 Å². The van der Waals surface area contributed by atoms with Crippen LogP contribution in [-0.4, -0.2) is 22.6 Å². The van der Waals surface area contributed by atoms with Gasteiger partial charge in [0.2, 0.25) is 5.91 Å². The average Bonchev–Trinajstić information content (AvgIpc) is 3.02. The summed E-state index contributed by atoms with van der Waals surface area (Å²) in [6, 6.07) is 15.3. The third-order valence-electron chi connectivity index (χ3n) is 3.67. The maximum absolute atomic E-state index is 12.3. The fourth-order valence-corrected chi connectivity index (χ4v) is 3.19. The van der Waals surface area contributed by atoms with Gasteiger partial charge in [0.15, 0.2) is 5.16 Å². The highest BCUT2D eigenvalue weighted by Gasteiger charge is 2.09. The van der Waals surface area contributed by atoms with Crippen LogP contribution in [0.4, 0.5) is 5.69 Å². The fraction of sp³-hybridized carbons (Fsp3) is 0.158. The summed E-state index contributed by atoms with van der Waals surface area (Å²) in [6.07, 6.45) is 3.96. The SMILES string of the molecule is COc1ccccc1CC(=O)Nc1ccc(Sc2nccn2C)cc1. The number of ether oxygens (including phenoxy) is 1. The highest BCUT2D eigenvalue weighted by molar-refractivity contribution is 7.99. The molecule has 0 bridgehead atoms. The molecule has 5 nitrogen and oxygen atoms in total. The molecule has 6 heteroatoms. The van der Waals surface area contributed by atoms with E-state index in [-0.39, 0.29) is 12.3 Å². The first-order valence-electron chi connectivity index (χ1n) is 7.82. The second kappa shape index (κ2) is 7.90. The third kappa shape index (κ3) is 4.42. The molecule has 0 aliphatic heterocycles. The Bertz CT molecular complexity index is 859. The van der Waals surface area contributed by atoms with Crippen molar-refractivity contribution in [1.82, 2.24) is 9.55 Å². The normalized spacial score (nSPS) is 10.5. The molecule has 0 spiro atoms. The molecule has 1 heterocycles. The van der Waals surface area contributed by atoms with Crippen molar-refractivity contribution >= 4 is 23.4 Å². The van der Waals surface area contributed by atoms with Crippen LogP contribution >= 0.6 is 11.8 Å². The summed E-state index contributed by atoms with van der Waals surface area (Å²) in [5.41, 5.74) is 1.63. The van der Waals surface area contributed by atoms with E-state index in [1.807, 2.05) is 66.3 Å². The van der Waals surface area contributed by atoms with Gasteiger partial charge < -0.3 is 14.6 Å². The molecule has 0 saturated heterocycles. The molecular formula is C19H19N3O2S. The quantitative estimate of drug-likeness (QED) is 0.733. The van der Waals surface area contributed by atoms with Gasteiger partial charge in [0, 0.05) is 35.6 Å². The van der Waals surface area contributed by atoms with E-state index in [0.29, 0.717) is 0 Å². The molecule has 0 radical (unpaired) electrons. The second-order valence-electron chi connectivity index (χ2n) is 5.48. The Kier molecular flexibility index (Phi) is 5.40. The average molecular weight is 353 g/mol. The summed E-state index contributed by atoms with van der Waals surface area (Å²) in [7, 11) is 3.57. The number of methoxy groups -OCH3 is 1. The molecule has 25 heavy (non-hydrogen) atoms. The van der Waals surface area contributed by atoms with Crippen molar-refractivity contribution in [2.75, 3.05) is 12.4 Å². The van der Waals surface area contributed by atoms with E-state index in [1.54, 1.807) is 25.1 Å². The summed E-state index contributed by atoms with van der Waals surface area (Å²) in [4.78, 5) is 17.6. The maximum Gasteiger partial charge on any atom is 0.228 e. The first-order valence-corrected chi connectivity index (χ1v) is 8.64. The molecule has 1 N–H and O–H groups in total. The monoisotopic (exact) mass is 353 g/mol. The number of aryl methyl sites for hydroxylation is 1. The largest absolute Gasteiger partial charge is 0.496 e. The highest BCUT2D eigenvalue weighted by Crippen LogP contribution is 2.27. The van der Waals surface area contributed by atoms with Crippen molar-refractivity contribution in [2.24, 2.45) is 7.05 Å². The highest BCUT2D eigenvalue weighted by atomic mass is 32.2. The lowest BCUT2D eigenvalue weighted by Crippen LogP contribution is -2.14. The lowest BCUT2D eigenvalue weighted by molar-refractivity contribution is -0.115. The van der Waals surface area contributed by atoms with Gasteiger partial charge in [-0.3, -0.25) is 4.79 Å². The predicted molar refractivity (Wildman–Crippen MR) is 99.1 cm³/mol. The summed E-state index contributed by atoms with van der Waals surface area (Å²) in [5, 5.41) is 3.84. The Balaban J connectivity index is 1.61. The van der Waals surface area contributed by atoms with Crippen molar-refractivity contribution in [3.8, 4) is 5.75 Å². The topological polar surface area (TPSA) is 56.1 Å². The van der Waals surface area contributed by atoms with Gasteiger partial charge in [0.05, 0.1) is 13.5 Å². The second-order valence-corrected chi connectivity index (χ2v) is 6.52. The van der Waals surface area contributed by atoms with Gasteiger partial charge >= 0.3 is 0 Å². The molecule has 128 valence electrons. The van der Waals surface area contributed by atoms with Gasteiger partial charge in [-0.05, 0) is 30.3 Å². The van der Waals surface area contributed by atoms with E-state index in [1.165, 1.54) is 0 Å². The molecule has 3 aromatic rings. The maximum atomic E-state index is 12.3. The molecule has 0 fully saturated rings. The zero-order chi connectivity index (χ0) is 17.6. The number of imidazole rings is 1. The molecule has 1 amide bonds. The number of carbonyl (C=O) groups is 1. The molecule has 3 rings (SSSR count). The Labute approximate surface area is 151 Å². The number of hydrogen-bond donors (Lipinski definition) is 1. The van der Waals surface area contributed by atoms with Crippen LogP contribution in [-0.2, 0) is 18.3 Å². The molecule has 0 atom stereocenters. The number of benzene rings is 2.